The first-order valence-corrected chi connectivity index (χ1v) is 10.1. The van der Waals surface area contributed by atoms with Gasteiger partial charge in [-0.25, -0.2) is 4.39 Å². The van der Waals surface area contributed by atoms with Gasteiger partial charge in [0.1, 0.15) is 29.6 Å². The second-order valence-corrected chi connectivity index (χ2v) is 8.17. The molecule has 2 aromatic rings. The first-order valence-electron chi connectivity index (χ1n) is 8.88. The molecule has 7 nitrogen and oxygen atoms in total. The number of benzene rings is 2. The Morgan fingerprint density at radius 1 is 1.21 bits per heavy atom. The summed E-state index contributed by atoms with van der Waals surface area (Å²) in [6, 6.07) is 12.5. The number of rotatable bonds is 4. The summed E-state index contributed by atoms with van der Waals surface area (Å²) in [7, 11) is 0. The number of ether oxygens (including phenoxy) is 3. The Morgan fingerprint density at radius 3 is 2.76 bits per heavy atom. The Bertz CT molecular complexity index is 918. The molecule has 2 heterocycles. The summed E-state index contributed by atoms with van der Waals surface area (Å²) in [5, 5.41) is 14.9. The molecule has 1 N–H and O–H groups in total. The highest BCUT2D eigenvalue weighted by molar-refractivity contribution is 7.99. The third kappa shape index (κ3) is 4.36. The molecular formula is C19H17ClFN3O4S. The zero-order valence-electron chi connectivity index (χ0n) is 15.0. The van der Waals surface area contributed by atoms with Crippen molar-refractivity contribution in [3.8, 4) is 0 Å². The van der Waals surface area contributed by atoms with Gasteiger partial charge in [-0.2, -0.15) is 0 Å². The van der Waals surface area contributed by atoms with Crippen molar-refractivity contribution in [1.29, 1.82) is 0 Å². The van der Waals surface area contributed by atoms with Crippen LogP contribution in [0.25, 0.3) is 10.4 Å². The molecule has 0 spiro atoms. The van der Waals surface area contributed by atoms with Crippen molar-refractivity contribution in [3.05, 3.63) is 75.4 Å². The Hall–Kier alpha value is -1.84. The minimum absolute atomic E-state index is 0.170. The quantitative estimate of drug-likeness (QED) is 0.433. The van der Waals surface area contributed by atoms with Crippen molar-refractivity contribution in [1.82, 2.24) is 0 Å². The molecule has 4 rings (SSSR count). The normalized spacial score (nSPS) is 31.6. The van der Waals surface area contributed by atoms with E-state index in [2.05, 4.69) is 10.0 Å². The first-order chi connectivity index (χ1) is 14.1. The monoisotopic (exact) mass is 437 g/mol. The van der Waals surface area contributed by atoms with Crippen molar-refractivity contribution in [3.63, 3.8) is 0 Å². The average Bonchev–Trinajstić information content (AvgIpc) is 2.74. The van der Waals surface area contributed by atoms with Gasteiger partial charge in [0.05, 0.1) is 12.6 Å². The molecule has 2 aromatic carbocycles. The topological polar surface area (TPSA) is 96.7 Å². The van der Waals surface area contributed by atoms with Crippen LogP contribution in [0.2, 0.25) is 5.02 Å². The van der Waals surface area contributed by atoms with Gasteiger partial charge in [0.15, 0.2) is 6.29 Å². The number of hydrogen-bond acceptors (Lipinski definition) is 6. The van der Waals surface area contributed by atoms with Gasteiger partial charge >= 0.3 is 0 Å². The summed E-state index contributed by atoms with van der Waals surface area (Å²) in [5.41, 5.74) is 8.92. The van der Waals surface area contributed by atoms with Crippen molar-refractivity contribution < 1.29 is 23.7 Å². The third-order valence-electron chi connectivity index (χ3n) is 4.73. The van der Waals surface area contributed by atoms with E-state index in [-0.39, 0.29) is 11.5 Å². The molecule has 0 amide bonds. The highest BCUT2D eigenvalue weighted by atomic mass is 35.5. The van der Waals surface area contributed by atoms with Gasteiger partial charge < -0.3 is 19.3 Å². The minimum Gasteiger partial charge on any atom is -0.389 e. The molecule has 2 fully saturated rings. The molecule has 0 radical (unpaired) electrons. The Kier molecular flexibility index (Phi) is 6.26. The Balaban J connectivity index is 1.56. The SMILES string of the molecule is [N-]=[N+]=NC1[C@H]2OC(c3ccccc3)OCC2O[C@H](Sc2cc(Cl)ccc2F)[C@@H]1O. The predicted molar refractivity (Wildman–Crippen MR) is 105 cm³/mol. The van der Waals surface area contributed by atoms with Crippen LogP contribution in [0.1, 0.15) is 11.9 Å². The van der Waals surface area contributed by atoms with Gasteiger partial charge in [-0.05, 0) is 23.7 Å². The van der Waals surface area contributed by atoms with E-state index in [0.717, 1.165) is 17.3 Å². The maximum Gasteiger partial charge on any atom is 0.184 e. The molecule has 2 aliphatic heterocycles. The van der Waals surface area contributed by atoms with Crippen LogP contribution >= 0.6 is 23.4 Å². The van der Waals surface area contributed by atoms with E-state index >= 15 is 0 Å². The van der Waals surface area contributed by atoms with Gasteiger partial charge in [-0.15, -0.1) is 0 Å². The second kappa shape index (κ2) is 8.89. The van der Waals surface area contributed by atoms with Crippen LogP contribution in [0.15, 0.2) is 58.5 Å². The van der Waals surface area contributed by atoms with E-state index in [1.54, 1.807) is 0 Å². The van der Waals surface area contributed by atoms with Crippen LogP contribution in [0, 0.1) is 5.82 Å². The van der Waals surface area contributed by atoms with E-state index in [4.69, 9.17) is 31.3 Å². The predicted octanol–water partition coefficient (Wildman–Crippen LogP) is 4.45. The fourth-order valence-electron chi connectivity index (χ4n) is 3.34. The highest BCUT2D eigenvalue weighted by Crippen LogP contribution is 2.40. The highest BCUT2D eigenvalue weighted by Gasteiger charge is 2.49. The number of azide groups is 1. The van der Waals surface area contributed by atoms with E-state index in [1.165, 1.54) is 18.2 Å². The van der Waals surface area contributed by atoms with E-state index < -0.39 is 41.9 Å². The largest absolute Gasteiger partial charge is 0.389 e. The van der Waals surface area contributed by atoms with Gasteiger partial charge in [-0.3, -0.25) is 0 Å². The lowest BCUT2D eigenvalue weighted by Crippen LogP contribution is -2.60. The zero-order valence-corrected chi connectivity index (χ0v) is 16.5. The average molecular weight is 438 g/mol. The molecule has 152 valence electrons. The van der Waals surface area contributed by atoms with E-state index in [1.807, 2.05) is 30.3 Å². The van der Waals surface area contributed by atoms with Gasteiger partial charge in [-0.1, -0.05) is 58.8 Å². The maximum atomic E-state index is 14.1. The molecule has 2 aliphatic rings. The minimum atomic E-state index is -1.22. The van der Waals surface area contributed by atoms with E-state index in [0.29, 0.717) is 5.02 Å². The van der Waals surface area contributed by atoms with Crippen LogP contribution < -0.4 is 0 Å². The number of aliphatic hydroxyl groups excluding tert-OH is 1. The number of halogens is 2. The van der Waals surface area contributed by atoms with Crippen LogP contribution in [-0.4, -0.2) is 41.5 Å². The number of nitrogens with zero attached hydrogens (tertiary/aromatic N) is 3. The molecule has 0 saturated carbocycles. The first kappa shape index (κ1) is 20.4. The van der Waals surface area contributed by atoms with Gasteiger partial charge in [0, 0.05) is 20.4 Å². The number of fused-ring (bicyclic) bond motifs is 1. The summed E-state index contributed by atoms with van der Waals surface area (Å²) >= 11 is 6.91. The number of aliphatic hydroxyl groups is 1. The fourth-order valence-corrected chi connectivity index (χ4v) is 4.70. The molecule has 2 saturated heterocycles. The third-order valence-corrected chi connectivity index (χ3v) is 6.15. The van der Waals surface area contributed by atoms with Crippen molar-refractivity contribution in [2.45, 2.75) is 41.0 Å². The van der Waals surface area contributed by atoms with Crippen LogP contribution in [0.3, 0.4) is 0 Å². The Morgan fingerprint density at radius 2 is 2.00 bits per heavy atom. The summed E-state index contributed by atoms with van der Waals surface area (Å²) in [4.78, 5) is 3.08. The standard InChI is InChI=1S/C19H17ClFN3O4S/c20-11-6-7-12(21)14(8-11)29-19-16(25)15(23-24-22)17-13(27-19)9-26-18(28-17)10-4-2-1-3-5-10/h1-8,13,15-19,25H,9H2/t13?,15?,16-,17+,18?,19-/m1/s1. The lowest BCUT2D eigenvalue weighted by Gasteiger charge is -2.46. The second-order valence-electron chi connectivity index (χ2n) is 6.60. The molecular weight excluding hydrogens is 421 g/mol. The van der Waals surface area contributed by atoms with Crippen molar-refractivity contribution >= 4 is 23.4 Å². The fraction of sp³-hybridized carbons (Fsp3) is 0.368. The molecule has 6 atom stereocenters. The zero-order chi connectivity index (χ0) is 20.4. The summed E-state index contributed by atoms with van der Waals surface area (Å²) < 4.78 is 31.8. The number of hydrogen-bond donors (Lipinski definition) is 1. The number of thioether (sulfide) groups is 1. The Labute approximate surface area is 175 Å². The lowest BCUT2D eigenvalue weighted by atomic mass is 9.97. The van der Waals surface area contributed by atoms with Crippen LogP contribution in [0.4, 0.5) is 4.39 Å². The molecule has 0 aliphatic carbocycles. The van der Waals surface area contributed by atoms with Crippen LogP contribution in [-0.2, 0) is 14.2 Å². The summed E-state index contributed by atoms with van der Waals surface area (Å²) in [5.74, 6) is -0.488. The molecule has 3 unspecified atom stereocenters. The summed E-state index contributed by atoms with van der Waals surface area (Å²) in [6.07, 6.45) is -3.18. The van der Waals surface area contributed by atoms with E-state index in [9.17, 15) is 9.50 Å². The summed E-state index contributed by atoms with van der Waals surface area (Å²) in [6.45, 7) is 0.170. The van der Waals surface area contributed by atoms with Gasteiger partial charge in [0.2, 0.25) is 0 Å². The van der Waals surface area contributed by atoms with Crippen LogP contribution in [0.5, 0.6) is 0 Å². The molecule has 29 heavy (non-hydrogen) atoms. The van der Waals surface area contributed by atoms with Crippen molar-refractivity contribution in [2.75, 3.05) is 6.61 Å². The molecule has 0 bridgehead atoms. The smallest absolute Gasteiger partial charge is 0.184 e. The molecule has 10 heteroatoms. The molecule has 0 aromatic heterocycles. The van der Waals surface area contributed by atoms with Gasteiger partial charge in [0.25, 0.3) is 0 Å². The lowest BCUT2D eigenvalue weighted by molar-refractivity contribution is -0.297. The maximum absolute atomic E-state index is 14.1. The van der Waals surface area contributed by atoms with Crippen molar-refractivity contribution in [2.24, 2.45) is 5.11 Å².